The highest BCUT2D eigenvalue weighted by Crippen LogP contribution is 2.40. The zero-order chi connectivity index (χ0) is 28.9. The molecule has 1 unspecified atom stereocenters. The number of carbonyl (C=O) groups excluding carboxylic acids is 1. The molecule has 1 aromatic heterocycles. The van der Waals surface area contributed by atoms with E-state index in [0.29, 0.717) is 29.7 Å². The number of fused-ring (bicyclic) bond motifs is 1. The van der Waals surface area contributed by atoms with Gasteiger partial charge in [0.05, 0.1) is 26.1 Å². The highest BCUT2D eigenvalue weighted by molar-refractivity contribution is 7.22. The van der Waals surface area contributed by atoms with Gasteiger partial charge in [0.15, 0.2) is 5.78 Å². The van der Waals surface area contributed by atoms with Crippen molar-refractivity contribution in [2.45, 2.75) is 31.8 Å². The summed E-state index contributed by atoms with van der Waals surface area (Å²) in [5, 5.41) is 5.63. The Morgan fingerprint density at radius 3 is 2.42 bits per heavy atom. The number of hydrogen-bond acceptors (Lipinski definition) is 9. The molecule has 1 atom stereocenters. The Balaban J connectivity index is 0.000000792. The lowest BCUT2D eigenvalue weighted by Crippen LogP contribution is -2.50. The molecule has 0 amide bonds. The van der Waals surface area contributed by atoms with Crippen LogP contribution in [0.1, 0.15) is 36.0 Å². The Labute approximate surface area is 241 Å². The lowest BCUT2D eigenvalue weighted by molar-refractivity contribution is 0.103. The number of hydrogen-bond donors (Lipinski definition) is 4. The highest BCUT2D eigenvalue weighted by atomic mass is 32.1. The highest BCUT2D eigenvalue weighted by Gasteiger charge is 2.23. The molecule has 0 spiro atoms. The molecule has 6 N–H and O–H groups in total. The minimum Gasteiger partial charge on any atom is -0.501 e. The first-order valence-electron chi connectivity index (χ1n) is 13.4. The molecule has 3 aromatic rings. The lowest BCUT2D eigenvalue weighted by atomic mass is 9.96. The van der Waals surface area contributed by atoms with Crippen molar-refractivity contribution < 1.29 is 14.3 Å². The van der Waals surface area contributed by atoms with E-state index in [-0.39, 0.29) is 11.9 Å². The van der Waals surface area contributed by atoms with Gasteiger partial charge >= 0.3 is 0 Å². The average molecular weight is 564 g/mol. The zero-order valence-corrected chi connectivity index (χ0v) is 24.4. The van der Waals surface area contributed by atoms with Crippen LogP contribution in [0, 0.1) is 0 Å². The lowest BCUT2D eigenvalue weighted by Gasteiger charge is -2.23. The third kappa shape index (κ3) is 8.34. The van der Waals surface area contributed by atoms with Crippen molar-refractivity contribution in [2.75, 3.05) is 34.4 Å². The molecule has 4 rings (SSSR count). The number of thiophene rings is 1. The fourth-order valence-corrected chi connectivity index (χ4v) is 5.60. The van der Waals surface area contributed by atoms with Gasteiger partial charge in [-0.3, -0.25) is 16.5 Å². The molecule has 8 nitrogen and oxygen atoms in total. The number of nitrogens with two attached hydrogens (primary N) is 2. The van der Waals surface area contributed by atoms with Gasteiger partial charge in [-0.25, -0.2) is 10.4 Å². The predicted molar refractivity (Wildman–Crippen MR) is 166 cm³/mol. The fraction of sp³-hybridized carbons (Fsp3) is 0.323. The molecule has 1 aliphatic heterocycles. The summed E-state index contributed by atoms with van der Waals surface area (Å²) < 4.78 is 11.9. The van der Waals surface area contributed by atoms with E-state index in [1.165, 1.54) is 30.9 Å². The number of allylic oxidation sites excluding steroid dienone is 5. The normalized spacial score (nSPS) is 14.6. The second-order valence-electron chi connectivity index (χ2n) is 9.38. The third-order valence-electron chi connectivity index (χ3n) is 6.62. The number of carbonyl (C=O) groups is 1. The van der Waals surface area contributed by atoms with Gasteiger partial charge in [-0.15, -0.1) is 11.3 Å². The molecule has 0 radical (unpaired) electrons. The Hall–Kier alpha value is -3.31. The number of benzene rings is 2. The molecule has 0 saturated carbocycles. The molecule has 9 heteroatoms. The number of ketones is 1. The standard InChI is InChI=1S/C27H32N4O3S.C4H9N/c1-5-8-19(17-21(34-4)15-16-24(30-28)31(2)29)26(32)25-22-9-6-7-10-23(22)35-27(25)18-11-13-20(33-3)14-12-18;1-2-4-5-3-1/h5-14,17,24,30H,1,15-16,28-29H2,2-4H3;5H,1-4H2/b19-8+,21-17+;. The smallest absolute Gasteiger partial charge is 0.195 e. The summed E-state index contributed by atoms with van der Waals surface area (Å²) in [5.41, 5.74) is 4.75. The van der Waals surface area contributed by atoms with Gasteiger partial charge in [0.1, 0.15) is 5.75 Å². The van der Waals surface area contributed by atoms with Crippen molar-refractivity contribution >= 4 is 27.2 Å². The van der Waals surface area contributed by atoms with Gasteiger partial charge < -0.3 is 14.8 Å². The van der Waals surface area contributed by atoms with E-state index in [0.717, 1.165) is 26.3 Å². The predicted octanol–water partition coefficient (Wildman–Crippen LogP) is 5.15. The van der Waals surface area contributed by atoms with Crippen LogP contribution >= 0.6 is 11.3 Å². The van der Waals surface area contributed by atoms with Crippen LogP contribution in [0.15, 0.2) is 84.7 Å². The van der Waals surface area contributed by atoms with Crippen molar-refractivity contribution in [3.63, 3.8) is 0 Å². The average Bonchev–Trinajstić information content (AvgIpc) is 3.68. The van der Waals surface area contributed by atoms with Crippen molar-refractivity contribution in [2.24, 2.45) is 11.7 Å². The largest absolute Gasteiger partial charge is 0.501 e. The number of nitrogens with one attached hydrogen (secondary N) is 2. The van der Waals surface area contributed by atoms with Crippen molar-refractivity contribution in [1.82, 2.24) is 15.8 Å². The minimum absolute atomic E-state index is 0.104. The quantitative estimate of drug-likeness (QED) is 0.0455. The molecule has 1 saturated heterocycles. The van der Waals surface area contributed by atoms with Crippen LogP contribution in [0.25, 0.3) is 20.5 Å². The zero-order valence-electron chi connectivity index (χ0n) is 23.6. The third-order valence-corrected chi connectivity index (χ3v) is 7.84. The molecule has 1 aliphatic rings. The van der Waals surface area contributed by atoms with Crippen LogP contribution in [0.4, 0.5) is 0 Å². The number of Topliss-reactive ketones (excluding diaryl/α,β-unsaturated/α-hetero) is 1. The van der Waals surface area contributed by atoms with Crippen molar-refractivity contribution in [3.8, 4) is 16.2 Å². The van der Waals surface area contributed by atoms with Gasteiger partial charge in [-0.1, -0.05) is 36.9 Å². The minimum atomic E-state index is -0.237. The van der Waals surface area contributed by atoms with Crippen LogP contribution in [0.5, 0.6) is 5.75 Å². The molecule has 214 valence electrons. The number of nitrogens with zero attached hydrogens (tertiary/aromatic N) is 1. The van der Waals surface area contributed by atoms with E-state index in [1.54, 1.807) is 50.8 Å². The van der Waals surface area contributed by atoms with E-state index in [4.69, 9.17) is 21.2 Å². The molecular weight excluding hydrogens is 522 g/mol. The van der Waals surface area contributed by atoms with Crippen LogP contribution in [-0.2, 0) is 4.74 Å². The monoisotopic (exact) mass is 563 g/mol. The van der Waals surface area contributed by atoms with E-state index in [9.17, 15) is 4.79 Å². The molecule has 2 heterocycles. The van der Waals surface area contributed by atoms with Crippen molar-refractivity contribution in [3.05, 3.63) is 90.2 Å². The summed E-state index contributed by atoms with van der Waals surface area (Å²) in [6.07, 6.45) is 8.74. The maximum absolute atomic E-state index is 14.0. The summed E-state index contributed by atoms with van der Waals surface area (Å²) in [6, 6.07) is 15.7. The van der Waals surface area contributed by atoms with E-state index < -0.39 is 0 Å². The van der Waals surface area contributed by atoms with Gasteiger partial charge in [0.25, 0.3) is 0 Å². The first kappa shape index (κ1) is 31.2. The van der Waals surface area contributed by atoms with Crippen LogP contribution in [0.2, 0.25) is 0 Å². The van der Waals surface area contributed by atoms with Gasteiger partial charge in [0, 0.05) is 39.6 Å². The molecule has 0 aliphatic carbocycles. The SMILES string of the molecule is C1CCNC1.C=C/C=C(\C=C(/CCC(NN)N(C)N)OC)C(=O)c1c(-c2ccc(OC)cc2)sc2ccccc12. The van der Waals surface area contributed by atoms with E-state index >= 15 is 0 Å². The number of ether oxygens (including phenoxy) is 2. The van der Waals surface area contributed by atoms with Crippen LogP contribution in [-0.4, -0.2) is 51.3 Å². The van der Waals surface area contributed by atoms with Gasteiger partial charge in [-0.05, 0) is 74.3 Å². The number of hydrazine groups is 2. The summed E-state index contributed by atoms with van der Waals surface area (Å²) in [5.74, 6) is 12.7. The number of methoxy groups -OCH3 is 2. The fourth-order valence-electron chi connectivity index (χ4n) is 4.39. The summed E-state index contributed by atoms with van der Waals surface area (Å²) in [6.45, 7) is 6.31. The first-order valence-corrected chi connectivity index (χ1v) is 14.2. The maximum atomic E-state index is 14.0. The first-order chi connectivity index (χ1) is 19.4. The molecule has 40 heavy (non-hydrogen) atoms. The second-order valence-corrected chi connectivity index (χ2v) is 10.4. The van der Waals surface area contributed by atoms with Gasteiger partial charge in [0.2, 0.25) is 0 Å². The summed E-state index contributed by atoms with van der Waals surface area (Å²) in [4.78, 5) is 14.9. The van der Waals surface area contributed by atoms with Crippen LogP contribution < -0.4 is 27.2 Å². The Kier molecular flexibility index (Phi) is 12.5. The maximum Gasteiger partial charge on any atom is 0.195 e. The van der Waals surface area contributed by atoms with Gasteiger partial charge in [-0.2, -0.15) is 0 Å². The summed E-state index contributed by atoms with van der Waals surface area (Å²) in [7, 11) is 4.95. The topological polar surface area (TPSA) is 115 Å². The Morgan fingerprint density at radius 1 is 1.18 bits per heavy atom. The summed E-state index contributed by atoms with van der Waals surface area (Å²) >= 11 is 1.59. The van der Waals surface area contributed by atoms with E-state index in [1.807, 2.05) is 48.5 Å². The van der Waals surface area contributed by atoms with Crippen molar-refractivity contribution in [1.29, 1.82) is 0 Å². The van der Waals surface area contributed by atoms with Crippen LogP contribution in [0.3, 0.4) is 0 Å². The number of rotatable bonds is 12. The molecular formula is C31H41N5O3S. The molecule has 1 fully saturated rings. The Morgan fingerprint density at radius 2 is 1.88 bits per heavy atom. The Bertz CT molecular complexity index is 1300. The molecule has 0 bridgehead atoms. The van der Waals surface area contributed by atoms with E-state index in [2.05, 4.69) is 17.3 Å². The molecule has 2 aromatic carbocycles. The second kappa shape index (κ2) is 16.1.